The van der Waals surface area contributed by atoms with Gasteiger partial charge in [0.05, 0.1) is 13.2 Å². The van der Waals surface area contributed by atoms with E-state index < -0.39 is 6.10 Å². The van der Waals surface area contributed by atoms with Gasteiger partial charge in [0.1, 0.15) is 6.10 Å². The molecule has 0 saturated heterocycles. The number of rotatable bonds is 12. The van der Waals surface area contributed by atoms with Crippen molar-refractivity contribution in [3.05, 3.63) is 0 Å². The van der Waals surface area contributed by atoms with Crippen LogP contribution in [0.1, 0.15) is 52.9 Å². The number of unbranched alkanes of at least 4 members (excludes halogenated alkanes) is 1. The van der Waals surface area contributed by atoms with Crippen LogP contribution in [0.25, 0.3) is 0 Å². The van der Waals surface area contributed by atoms with Crippen molar-refractivity contribution in [2.24, 2.45) is 5.92 Å². The number of hydrogen-bond acceptors (Lipinski definition) is 3. The quantitative estimate of drug-likeness (QED) is 0.538. The third kappa shape index (κ3) is 10.7. The van der Waals surface area contributed by atoms with Gasteiger partial charge in [-0.2, -0.15) is 0 Å². The first kappa shape index (κ1) is 16.9. The van der Waals surface area contributed by atoms with Crippen molar-refractivity contribution in [2.45, 2.75) is 59.0 Å². The van der Waals surface area contributed by atoms with E-state index in [-0.39, 0.29) is 0 Å². The number of ether oxygens (including phenoxy) is 2. The Labute approximate surface area is 107 Å². The Bertz CT molecular complexity index is 150. The molecule has 0 radical (unpaired) electrons. The lowest BCUT2D eigenvalue weighted by molar-refractivity contribution is -0.0269. The van der Waals surface area contributed by atoms with E-state index in [1.807, 2.05) is 0 Å². The van der Waals surface area contributed by atoms with E-state index in [9.17, 15) is 5.11 Å². The first-order valence-corrected chi connectivity index (χ1v) is 7.08. The van der Waals surface area contributed by atoms with Crippen LogP contribution in [0.15, 0.2) is 0 Å². The third-order valence-corrected chi connectivity index (χ3v) is 2.87. The lowest BCUT2D eigenvalue weighted by atomic mass is 10.0. The van der Waals surface area contributed by atoms with Crippen LogP contribution in [-0.2, 0) is 9.47 Å². The molecule has 17 heavy (non-hydrogen) atoms. The van der Waals surface area contributed by atoms with E-state index >= 15 is 0 Å². The first-order chi connectivity index (χ1) is 8.24. The zero-order valence-corrected chi connectivity index (χ0v) is 11.8. The molecule has 3 heteroatoms. The fourth-order valence-corrected chi connectivity index (χ4v) is 1.68. The Morgan fingerprint density at radius 2 is 1.65 bits per heavy atom. The van der Waals surface area contributed by atoms with Gasteiger partial charge in [0.15, 0.2) is 0 Å². The molecule has 0 rings (SSSR count). The molecule has 0 aliphatic heterocycles. The number of hydrogen-bond donors (Lipinski definition) is 1. The summed E-state index contributed by atoms with van der Waals surface area (Å²) in [7, 11) is 0. The first-order valence-electron chi connectivity index (χ1n) is 7.08. The van der Waals surface area contributed by atoms with Crippen LogP contribution < -0.4 is 0 Å². The average molecular weight is 246 g/mol. The molecule has 104 valence electrons. The predicted molar refractivity (Wildman–Crippen MR) is 71.2 cm³/mol. The molecule has 0 heterocycles. The fourth-order valence-electron chi connectivity index (χ4n) is 1.68. The van der Waals surface area contributed by atoms with Gasteiger partial charge in [-0.05, 0) is 18.8 Å². The minimum atomic E-state index is -0.481. The van der Waals surface area contributed by atoms with Crippen LogP contribution in [0.4, 0.5) is 0 Å². The lowest BCUT2D eigenvalue weighted by Gasteiger charge is -2.16. The van der Waals surface area contributed by atoms with Crippen LogP contribution in [0.5, 0.6) is 0 Å². The van der Waals surface area contributed by atoms with Gasteiger partial charge in [-0.25, -0.2) is 0 Å². The summed E-state index contributed by atoms with van der Waals surface area (Å²) in [4.78, 5) is 0. The maximum atomic E-state index is 9.59. The summed E-state index contributed by atoms with van der Waals surface area (Å²) in [5, 5.41) is 9.59. The van der Waals surface area contributed by atoms with Gasteiger partial charge in [0, 0.05) is 13.2 Å². The largest absolute Gasteiger partial charge is 0.388 e. The highest BCUT2D eigenvalue weighted by Gasteiger charge is 2.08. The van der Waals surface area contributed by atoms with Crippen molar-refractivity contribution in [2.75, 3.05) is 26.4 Å². The van der Waals surface area contributed by atoms with E-state index in [1.54, 1.807) is 0 Å². The molecular weight excluding hydrogens is 216 g/mol. The Morgan fingerprint density at radius 3 is 2.24 bits per heavy atom. The highest BCUT2D eigenvalue weighted by Crippen LogP contribution is 2.12. The molecule has 0 aromatic rings. The minimum absolute atomic E-state index is 0.388. The van der Waals surface area contributed by atoms with Gasteiger partial charge in [-0.3, -0.25) is 0 Å². The van der Waals surface area contributed by atoms with Crippen LogP contribution in [0.2, 0.25) is 0 Å². The van der Waals surface area contributed by atoms with Gasteiger partial charge < -0.3 is 14.6 Å². The Kier molecular flexibility index (Phi) is 12.3. The summed E-state index contributed by atoms with van der Waals surface area (Å²) >= 11 is 0. The summed E-state index contributed by atoms with van der Waals surface area (Å²) in [6, 6.07) is 0. The van der Waals surface area contributed by atoms with Gasteiger partial charge in [0.25, 0.3) is 0 Å². The van der Waals surface area contributed by atoms with Crippen LogP contribution >= 0.6 is 0 Å². The van der Waals surface area contributed by atoms with Crippen molar-refractivity contribution >= 4 is 0 Å². The number of aliphatic hydroxyl groups excluding tert-OH is 1. The predicted octanol–water partition coefficient (Wildman–Crippen LogP) is 3.01. The SMILES string of the molecule is CCCCC(CC)COCC(O)COCCC. The second-order valence-electron chi connectivity index (χ2n) is 4.68. The highest BCUT2D eigenvalue weighted by molar-refractivity contribution is 4.58. The smallest absolute Gasteiger partial charge is 0.101 e. The van der Waals surface area contributed by atoms with Crippen molar-refractivity contribution in [1.82, 2.24) is 0 Å². The van der Waals surface area contributed by atoms with Gasteiger partial charge in [-0.15, -0.1) is 0 Å². The van der Waals surface area contributed by atoms with Crippen LogP contribution in [0.3, 0.4) is 0 Å². The molecule has 3 nitrogen and oxygen atoms in total. The second-order valence-corrected chi connectivity index (χ2v) is 4.68. The molecule has 0 aromatic heterocycles. The normalized spacial score (nSPS) is 14.8. The maximum Gasteiger partial charge on any atom is 0.101 e. The van der Waals surface area contributed by atoms with Crippen molar-refractivity contribution in [1.29, 1.82) is 0 Å². The topological polar surface area (TPSA) is 38.7 Å². The maximum absolute atomic E-state index is 9.59. The lowest BCUT2D eigenvalue weighted by Crippen LogP contribution is -2.23. The van der Waals surface area contributed by atoms with E-state index in [0.29, 0.717) is 25.7 Å². The standard InChI is InChI=1S/C14H30O3/c1-4-7-8-13(6-3)10-17-12-14(15)11-16-9-5-2/h13-15H,4-12H2,1-3H3. The molecular formula is C14H30O3. The average Bonchev–Trinajstić information content (AvgIpc) is 2.34. The molecule has 0 aliphatic carbocycles. The molecule has 2 atom stereocenters. The monoisotopic (exact) mass is 246 g/mol. The molecule has 0 spiro atoms. The summed E-state index contributed by atoms with van der Waals surface area (Å²) in [6.07, 6.45) is 5.40. The van der Waals surface area contributed by atoms with E-state index in [1.165, 1.54) is 19.3 Å². The Balaban J connectivity index is 3.45. The third-order valence-electron chi connectivity index (χ3n) is 2.87. The molecule has 0 aromatic carbocycles. The molecule has 0 amide bonds. The molecule has 1 N–H and O–H groups in total. The van der Waals surface area contributed by atoms with Gasteiger partial charge >= 0.3 is 0 Å². The molecule has 0 fully saturated rings. The Morgan fingerprint density at radius 1 is 0.941 bits per heavy atom. The minimum Gasteiger partial charge on any atom is -0.388 e. The molecule has 2 unspecified atom stereocenters. The summed E-state index contributed by atoms with van der Waals surface area (Å²) in [5.41, 5.74) is 0. The Hall–Kier alpha value is -0.120. The highest BCUT2D eigenvalue weighted by atomic mass is 16.5. The zero-order chi connectivity index (χ0) is 12.9. The van der Waals surface area contributed by atoms with Crippen molar-refractivity contribution in [3.63, 3.8) is 0 Å². The van der Waals surface area contributed by atoms with E-state index in [2.05, 4.69) is 20.8 Å². The van der Waals surface area contributed by atoms with E-state index in [4.69, 9.17) is 9.47 Å². The van der Waals surface area contributed by atoms with Gasteiger partial charge in [-0.1, -0.05) is 40.0 Å². The zero-order valence-electron chi connectivity index (χ0n) is 11.8. The molecule has 0 bridgehead atoms. The summed E-state index contributed by atoms with van der Waals surface area (Å²) in [6.45, 7) is 8.73. The van der Waals surface area contributed by atoms with E-state index in [0.717, 1.165) is 19.4 Å². The van der Waals surface area contributed by atoms with Crippen LogP contribution in [0, 0.1) is 5.92 Å². The molecule has 0 saturated carbocycles. The van der Waals surface area contributed by atoms with Crippen molar-refractivity contribution < 1.29 is 14.6 Å². The van der Waals surface area contributed by atoms with Crippen LogP contribution in [-0.4, -0.2) is 37.6 Å². The summed E-state index contributed by atoms with van der Waals surface area (Å²) < 4.78 is 10.8. The second kappa shape index (κ2) is 12.3. The number of aliphatic hydroxyl groups is 1. The molecule has 0 aliphatic rings. The van der Waals surface area contributed by atoms with Gasteiger partial charge in [0.2, 0.25) is 0 Å². The fraction of sp³-hybridized carbons (Fsp3) is 1.00. The van der Waals surface area contributed by atoms with Crippen molar-refractivity contribution in [3.8, 4) is 0 Å². The summed E-state index contributed by atoms with van der Waals surface area (Å²) in [5.74, 6) is 0.638.